The number of carbonyl (C=O) groups is 1. The van der Waals surface area contributed by atoms with E-state index in [1.165, 1.54) is 30.3 Å². The van der Waals surface area contributed by atoms with Crippen LogP contribution < -0.4 is 5.32 Å². The molecule has 36 heavy (non-hydrogen) atoms. The minimum Gasteiger partial charge on any atom is -0.394 e. The topological polar surface area (TPSA) is 134 Å². The minimum absolute atomic E-state index is 0.121. The number of nitrogens with zero attached hydrogens (tertiary/aromatic N) is 3. The van der Waals surface area contributed by atoms with Gasteiger partial charge < -0.3 is 15.2 Å². The van der Waals surface area contributed by atoms with Gasteiger partial charge in [-0.05, 0) is 43.4 Å². The lowest BCUT2D eigenvalue weighted by Crippen LogP contribution is -2.42. The third-order valence-corrected chi connectivity index (χ3v) is 8.98. The average molecular weight is 527 g/mol. The Kier molecular flexibility index (Phi) is 6.89. The molecule has 1 amide bonds. The number of amides is 1. The van der Waals surface area contributed by atoms with Crippen molar-refractivity contribution in [3.63, 3.8) is 0 Å². The predicted octanol–water partition coefficient (Wildman–Crippen LogP) is 2.30. The van der Waals surface area contributed by atoms with Gasteiger partial charge in [-0.15, -0.1) is 0 Å². The Balaban J connectivity index is 1.64. The van der Waals surface area contributed by atoms with Gasteiger partial charge in [0.1, 0.15) is 5.54 Å². The summed E-state index contributed by atoms with van der Waals surface area (Å²) in [7, 11) is -3.19. The molecule has 3 atom stereocenters. The number of methoxy groups -OCH3 is 1. The molecule has 0 unspecified atom stereocenters. The van der Waals surface area contributed by atoms with Crippen LogP contribution in [-0.4, -0.2) is 59.8 Å². The van der Waals surface area contributed by atoms with E-state index in [1.54, 1.807) is 0 Å². The van der Waals surface area contributed by atoms with Gasteiger partial charge in [0.15, 0.2) is 9.84 Å². The molecule has 2 aromatic rings. The number of aliphatic hydroxyl groups is 1. The molecule has 2 fully saturated rings. The molecule has 2 aliphatic rings. The monoisotopic (exact) mass is 526 g/mol. The van der Waals surface area contributed by atoms with Crippen LogP contribution in [-0.2, 0) is 32.1 Å². The van der Waals surface area contributed by atoms with Gasteiger partial charge in [-0.3, -0.25) is 9.48 Å². The molecule has 1 heterocycles. The van der Waals surface area contributed by atoms with Crippen LogP contribution in [0.1, 0.15) is 31.2 Å². The number of sulfone groups is 1. The van der Waals surface area contributed by atoms with Gasteiger partial charge in [0, 0.05) is 18.9 Å². The summed E-state index contributed by atoms with van der Waals surface area (Å²) in [5, 5.41) is 23.6. The maximum absolute atomic E-state index is 14.0. The summed E-state index contributed by atoms with van der Waals surface area (Å²) in [5.41, 5.74) is -1.81. The molecule has 0 saturated heterocycles. The Morgan fingerprint density at radius 2 is 2.06 bits per heavy atom. The van der Waals surface area contributed by atoms with E-state index in [9.17, 15) is 31.6 Å². The molecule has 194 valence electrons. The van der Waals surface area contributed by atoms with Crippen molar-refractivity contribution in [2.75, 3.05) is 13.7 Å². The second-order valence-corrected chi connectivity index (χ2v) is 11.3. The van der Waals surface area contributed by atoms with E-state index >= 15 is 0 Å². The van der Waals surface area contributed by atoms with Gasteiger partial charge >= 0.3 is 6.18 Å². The van der Waals surface area contributed by atoms with Crippen molar-refractivity contribution in [3.05, 3.63) is 36.2 Å². The number of hydrogen-bond donors (Lipinski definition) is 2. The zero-order valence-electron chi connectivity index (χ0n) is 19.3. The molecule has 2 aliphatic carbocycles. The van der Waals surface area contributed by atoms with Crippen molar-refractivity contribution < 1.29 is 36.2 Å². The third-order valence-electron chi connectivity index (χ3n) is 6.75. The molecule has 0 aliphatic heterocycles. The average Bonchev–Trinajstić information content (AvgIpc) is 3.23. The summed E-state index contributed by atoms with van der Waals surface area (Å²) in [6.45, 7) is -0.0440. The van der Waals surface area contributed by atoms with E-state index in [4.69, 9.17) is 9.84 Å². The number of halogens is 3. The van der Waals surface area contributed by atoms with Crippen LogP contribution in [0.25, 0.3) is 11.1 Å². The normalized spacial score (nSPS) is 23.3. The Morgan fingerprint density at radius 3 is 2.64 bits per heavy atom. The van der Waals surface area contributed by atoms with E-state index < -0.39 is 55.2 Å². The molecular formula is C23H25F3N4O5S. The van der Waals surface area contributed by atoms with Crippen molar-refractivity contribution in [1.82, 2.24) is 15.1 Å². The van der Waals surface area contributed by atoms with Gasteiger partial charge in [-0.1, -0.05) is 6.07 Å². The lowest BCUT2D eigenvalue weighted by molar-refractivity contribution is -0.139. The molecule has 1 aromatic heterocycles. The number of aliphatic hydroxyl groups excluding tert-OH is 1. The lowest BCUT2D eigenvalue weighted by atomic mass is 10.0. The zero-order chi connectivity index (χ0) is 26.3. The molecule has 4 rings (SSSR count). The number of nitrogens with one attached hydrogen (secondary N) is 1. The zero-order valence-corrected chi connectivity index (χ0v) is 20.1. The van der Waals surface area contributed by atoms with Crippen molar-refractivity contribution in [1.29, 1.82) is 5.26 Å². The molecule has 2 N–H and O–H groups in total. The van der Waals surface area contributed by atoms with Crippen molar-refractivity contribution in [2.45, 2.75) is 60.2 Å². The van der Waals surface area contributed by atoms with Gasteiger partial charge in [-0.25, -0.2) is 8.42 Å². The van der Waals surface area contributed by atoms with Crippen molar-refractivity contribution in [3.8, 4) is 17.2 Å². The number of ether oxygens (including phenoxy) is 1. The fourth-order valence-corrected chi connectivity index (χ4v) is 6.56. The summed E-state index contributed by atoms with van der Waals surface area (Å²) in [5.74, 6) is -1.45. The van der Waals surface area contributed by atoms with Crippen LogP contribution in [0.3, 0.4) is 0 Å². The molecular weight excluding hydrogens is 501 g/mol. The van der Waals surface area contributed by atoms with Crippen LogP contribution in [0, 0.1) is 17.2 Å². The highest BCUT2D eigenvalue weighted by Crippen LogP contribution is 2.43. The first kappa shape index (κ1) is 26.1. The molecule has 0 bridgehead atoms. The number of benzene rings is 1. The first-order valence-electron chi connectivity index (χ1n) is 11.3. The van der Waals surface area contributed by atoms with Crippen LogP contribution in [0.5, 0.6) is 0 Å². The largest absolute Gasteiger partial charge is 0.417 e. The predicted molar refractivity (Wildman–Crippen MR) is 120 cm³/mol. The standard InChI is InChI=1S/C23H25F3N4O5S/c1-35-19-10-16(9-17(19)21(32)29-22(13-27)4-5-22)36(33,34)20-3-2-14(8-18(20)23(24,25)26)15-11-28-30(12-15)6-7-31/h2-3,8,11-12,16-17,19,31H,4-7,9-10H2,1H3,(H,29,32)/t16-,17-,19-/m0/s1. The molecule has 13 heteroatoms. The Bertz CT molecular complexity index is 1300. The number of alkyl halides is 3. The highest BCUT2D eigenvalue weighted by molar-refractivity contribution is 7.92. The van der Waals surface area contributed by atoms with Crippen molar-refractivity contribution in [2.24, 2.45) is 5.92 Å². The third kappa shape index (κ3) is 4.98. The second kappa shape index (κ2) is 9.49. The quantitative estimate of drug-likeness (QED) is 0.539. The summed E-state index contributed by atoms with van der Waals surface area (Å²) in [4.78, 5) is 11.9. The molecule has 0 radical (unpaired) electrons. The smallest absolute Gasteiger partial charge is 0.394 e. The summed E-state index contributed by atoms with van der Waals surface area (Å²) in [6.07, 6.45) is -2.38. The van der Waals surface area contributed by atoms with Crippen LogP contribution >= 0.6 is 0 Å². The van der Waals surface area contributed by atoms with Crippen molar-refractivity contribution >= 4 is 15.7 Å². The van der Waals surface area contributed by atoms with E-state index in [0.29, 0.717) is 18.4 Å². The minimum atomic E-state index is -4.96. The van der Waals surface area contributed by atoms with Gasteiger partial charge in [-0.2, -0.15) is 23.5 Å². The molecule has 2 saturated carbocycles. The van der Waals surface area contributed by atoms with Crippen LogP contribution in [0.2, 0.25) is 0 Å². The Morgan fingerprint density at radius 1 is 1.33 bits per heavy atom. The van der Waals surface area contributed by atoms with Crippen LogP contribution in [0.4, 0.5) is 13.2 Å². The maximum Gasteiger partial charge on any atom is 0.417 e. The fraction of sp³-hybridized carbons (Fsp3) is 0.522. The fourth-order valence-electron chi connectivity index (χ4n) is 4.56. The highest BCUT2D eigenvalue weighted by Gasteiger charge is 2.51. The SMILES string of the molecule is CO[C@H]1C[C@@H](S(=O)(=O)c2ccc(-c3cnn(CCO)c3)cc2C(F)(F)F)C[C@@H]1C(=O)NC1(C#N)CC1. The van der Waals surface area contributed by atoms with E-state index in [0.717, 1.165) is 12.1 Å². The van der Waals surface area contributed by atoms with Gasteiger partial charge in [0.25, 0.3) is 0 Å². The van der Waals surface area contributed by atoms with Crippen LogP contribution in [0.15, 0.2) is 35.5 Å². The summed E-state index contributed by atoms with van der Waals surface area (Å²) >= 11 is 0. The highest BCUT2D eigenvalue weighted by atomic mass is 32.2. The van der Waals surface area contributed by atoms with Gasteiger partial charge in [0.2, 0.25) is 5.91 Å². The molecule has 1 aromatic carbocycles. The molecule has 9 nitrogen and oxygen atoms in total. The summed E-state index contributed by atoms with van der Waals surface area (Å²) in [6, 6.07) is 5.00. The maximum atomic E-state index is 14.0. The second-order valence-electron chi connectivity index (χ2n) is 9.13. The Labute approximate surface area is 205 Å². The number of rotatable bonds is 8. The van der Waals surface area contributed by atoms with E-state index in [1.807, 2.05) is 6.07 Å². The number of carbonyl (C=O) groups excluding carboxylic acids is 1. The number of hydrogen-bond acceptors (Lipinski definition) is 7. The number of aromatic nitrogens is 2. The lowest BCUT2D eigenvalue weighted by Gasteiger charge is -2.19. The molecule has 0 spiro atoms. The van der Waals surface area contributed by atoms with E-state index in [2.05, 4.69) is 10.4 Å². The van der Waals surface area contributed by atoms with E-state index in [-0.39, 0.29) is 31.6 Å². The van der Waals surface area contributed by atoms with Gasteiger partial charge in [0.05, 0.1) is 53.1 Å². The Hall–Kier alpha value is -2.95. The first-order chi connectivity index (χ1) is 16.9. The number of nitriles is 1. The first-order valence-corrected chi connectivity index (χ1v) is 12.8. The summed E-state index contributed by atoms with van der Waals surface area (Å²) < 4.78 is 75.6.